The van der Waals surface area contributed by atoms with E-state index < -0.39 is 4.92 Å². The lowest BCUT2D eigenvalue weighted by molar-refractivity contribution is -0.385. The number of hydrogen-bond donors (Lipinski definition) is 2. The van der Waals surface area contributed by atoms with Gasteiger partial charge in [0.1, 0.15) is 0 Å². The van der Waals surface area contributed by atoms with E-state index in [2.05, 4.69) is 17.6 Å². The van der Waals surface area contributed by atoms with Crippen molar-refractivity contribution < 1.29 is 9.72 Å². The van der Waals surface area contributed by atoms with Crippen LogP contribution < -0.4 is 10.6 Å². The molecule has 2 atom stereocenters. The Morgan fingerprint density at radius 2 is 2.23 bits per heavy atom. The predicted octanol–water partition coefficient (Wildman–Crippen LogP) is 2.31. The molecule has 2 unspecified atom stereocenters. The molecular weight excluding hydrogens is 306 g/mol. The summed E-state index contributed by atoms with van der Waals surface area (Å²) in [6.45, 7) is 5.66. The lowest BCUT2D eigenvalue weighted by atomic mass is 9.94. The zero-order valence-corrected chi connectivity index (χ0v) is 13.6. The fourth-order valence-electron chi connectivity index (χ4n) is 2.61. The Morgan fingerprint density at radius 3 is 2.82 bits per heavy atom. The molecule has 0 spiro atoms. The third-order valence-electron chi connectivity index (χ3n) is 4.07. The Hall–Kier alpha value is -1.66. The molecule has 6 nitrogen and oxygen atoms in total. The van der Waals surface area contributed by atoms with Gasteiger partial charge in [0.05, 0.1) is 4.92 Å². The molecule has 0 saturated carbocycles. The summed E-state index contributed by atoms with van der Waals surface area (Å²) >= 11 is 0. The maximum absolute atomic E-state index is 12.3. The molecule has 0 aliphatic carbocycles. The molecule has 7 heteroatoms. The van der Waals surface area contributed by atoms with Crippen molar-refractivity contribution in [2.45, 2.75) is 32.7 Å². The highest BCUT2D eigenvalue weighted by molar-refractivity contribution is 5.95. The molecule has 2 rings (SSSR count). The zero-order chi connectivity index (χ0) is 15.4. The number of amides is 1. The maximum atomic E-state index is 12.3. The second kappa shape index (κ2) is 8.10. The lowest BCUT2D eigenvalue weighted by Crippen LogP contribution is -2.50. The van der Waals surface area contributed by atoms with Crippen LogP contribution in [0.5, 0.6) is 0 Å². The minimum atomic E-state index is -0.430. The third-order valence-corrected chi connectivity index (χ3v) is 4.07. The molecule has 122 valence electrons. The standard InChI is InChI=1S/C15H21N3O3.ClH/c1-3-11-4-5-12(8-14(11)18(20)21)15(19)17-13-9-16-7-6-10(13)2;/h4-5,8,10,13,16H,3,6-7,9H2,1-2H3,(H,17,19);1H. The van der Waals surface area contributed by atoms with Crippen molar-refractivity contribution in [3.05, 3.63) is 39.4 Å². The summed E-state index contributed by atoms with van der Waals surface area (Å²) in [5.74, 6) is 0.154. The van der Waals surface area contributed by atoms with Crippen LogP contribution in [0, 0.1) is 16.0 Å². The van der Waals surface area contributed by atoms with Crippen LogP contribution in [0.3, 0.4) is 0 Å². The first-order valence-electron chi connectivity index (χ1n) is 7.31. The number of benzene rings is 1. The van der Waals surface area contributed by atoms with Crippen LogP contribution in [0.1, 0.15) is 36.2 Å². The van der Waals surface area contributed by atoms with Crippen LogP contribution in [-0.2, 0) is 6.42 Å². The fraction of sp³-hybridized carbons (Fsp3) is 0.533. The second-order valence-electron chi connectivity index (χ2n) is 5.50. The van der Waals surface area contributed by atoms with Gasteiger partial charge in [0.2, 0.25) is 0 Å². The highest BCUT2D eigenvalue weighted by Gasteiger charge is 2.24. The van der Waals surface area contributed by atoms with Gasteiger partial charge in [-0.2, -0.15) is 0 Å². The summed E-state index contributed by atoms with van der Waals surface area (Å²) in [5.41, 5.74) is 1.00. The number of nitro groups is 1. The molecule has 1 heterocycles. The van der Waals surface area contributed by atoms with Gasteiger partial charge in [-0.05, 0) is 31.4 Å². The molecule has 0 bridgehead atoms. The number of carbonyl (C=O) groups excluding carboxylic acids is 1. The van der Waals surface area contributed by atoms with Crippen LogP contribution in [0.2, 0.25) is 0 Å². The maximum Gasteiger partial charge on any atom is 0.273 e. The van der Waals surface area contributed by atoms with Crippen LogP contribution in [0.4, 0.5) is 5.69 Å². The Labute approximate surface area is 136 Å². The number of nitrogens with zero attached hydrogens (tertiary/aromatic N) is 1. The number of nitrogens with one attached hydrogen (secondary N) is 2. The van der Waals surface area contributed by atoms with E-state index in [1.165, 1.54) is 6.07 Å². The summed E-state index contributed by atoms with van der Waals surface area (Å²) in [4.78, 5) is 22.9. The number of aryl methyl sites for hydroxylation is 1. The van der Waals surface area contributed by atoms with Crippen LogP contribution in [0.25, 0.3) is 0 Å². The highest BCUT2D eigenvalue weighted by Crippen LogP contribution is 2.21. The molecule has 0 radical (unpaired) electrons. The van der Waals surface area contributed by atoms with Crippen LogP contribution in [-0.4, -0.2) is 30.0 Å². The lowest BCUT2D eigenvalue weighted by Gasteiger charge is -2.30. The summed E-state index contributed by atoms with van der Waals surface area (Å²) in [7, 11) is 0. The molecule has 1 aliphatic heterocycles. The molecule has 22 heavy (non-hydrogen) atoms. The quantitative estimate of drug-likeness (QED) is 0.656. The minimum absolute atomic E-state index is 0. The first-order valence-corrected chi connectivity index (χ1v) is 7.31. The number of piperidine rings is 1. The van der Waals surface area contributed by atoms with Crippen LogP contribution in [0.15, 0.2) is 18.2 Å². The van der Waals surface area contributed by atoms with Gasteiger partial charge < -0.3 is 10.6 Å². The Morgan fingerprint density at radius 1 is 1.50 bits per heavy atom. The number of carbonyl (C=O) groups is 1. The number of halogens is 1. The summed E-state index contributed by atoms with van der Waals surface area (Å²) in [6.07, 6.45) is 1.58. The molecule has 1 aromatic carbocycles. The van der Waals surface area contributed by atoms with E-state index in [4.69, 9.17) is 0 Å². The molecule has 0 aromatic heterocycles. The molecule has 1 saturated heterocycles. The molecular formula is C15H22ClN3O3. The van der Waals surface area contributed by atoms with Gasteiger partial charge in [0.25, 0.3) is 11.6 Å². The number of nitro benzene ring substituents is 1. The van der Waals surface area contributed by atoms with Crippen LogP contribution >= 0.6 is 12.4 Å². The average Bonchev–Trinajstić information content (AvgIpc) is 2.48. The van der Waals surface area contributed by atoms with Crippen molar-refractivity contribution in [3.8, 4) is 0 Å². The Kier molecular flexibility index (Phi) is 6.77. The van der Waals surface area contributed by atoms with E-state index in [-0.39, 0.29) is 30.0 Å². The van der Waals surface area contributed by atoms with Crippen molar-refractivity contribution in [1.29, 1.82) is 0 Å². The van der Waals surface area contributed by atoms with E-state index in [9.17, 15) is 14.9 Å². The molecule has 2 N–H and O–H groups in total. The van der Waals surface area contributed by atoms with E-state index >= 15 is 0 Å². The molecule has 1 aliphatic rings. The van der Waals surface area contributed by atoms with Gasteiger partial charge in [-0.25, -0.2) is 0 Å². The molecule has 1 amide bonds. The van der Waals surface area contributed by atoms with E-state index in [1.807, 2.05) is 6.92 Å². The summed E-state index contributed by atoms with van der Waals surface area (Å²) in [5, 5.41) is 17.3. The summed E-state index contributed by atoms with van der Waals surface area (Å²) in [6, 6.07) is 4.75. The first kappa shape index (κ1) is 18.4. The molecule has 1 aromatic rings. The normalized spacial score (nSPS) is 20.8. The van der Waals surface area contributed by atoms with E-state index in [0.717, 1.165) is 19.5 Å². The van der Waals surface area contributed by atoms with Crippen molar-refractivity contribution in [2.75, 3.05) is 13.1 Å². The minimum Gasteiger partial charge on any atom is -0.348 e. The Balaban J connectivity index is 0.00000242. The topological polar surface area (TPSA) is 84.3 Å². The van der Waals surface area contributed by atoms with E-state index in [0.29, 0.717) is 23.5 Å². The third kappa shape index (κ3) is 4.18. The smallest absolute Gasteiger partial charge is 0.273 e. The predicted molar refractivity (Wildman–Crippen MR) is 87.6 cm³/mol. The van der Waals surface area contributed by atoms with E-state index in [1.54, 1.807) is 12.1 Å². The SMILES string of the molecule is CCc1ccc(C(=O)NC2CNCCC2C)cc1[N+](=O)[O-].Cl. The van der Waals surface area contributed by atoms with Gasteiger partial charge in [0, 0.05) is 29.8 Å². The highest BCUT2D eigenvalue weighted by atomic mass is 35.5. The number of hydrogen-bond acceptors (Lipinski definition) is 4. The van der Waals surface area contributed by atoms with Crippen molar-refractivity contribution in [1.82, 2.24) is 10.6 Å². The van der Waals surface area contributed by atoms with Gasteiger partial charge in [-0.15, -0.1) is 12.4 Å². The van der Waals surface area contributed by atoms with Gasteiger partial charge in [-0.3, -0.25) is 14.9 Å². The van der Waals surface area contributed by atoms with Crippen molar-refractivity contribution in [3.63, 3.8) is 0 Å². The largest absolute Gasteiger partial charge is 0.348 e. The first-order chi connectivity index (χ1) is 10.0. The van der Waals surface area contributed by atoms with Gasteiger partial charge in [-0.1, -0.05) is 19.9 Å². The zero-order valence-electron chi connectivity index (χ0n) is 12.8. The fourth-order valence-corrected chi connectivity index (χ4v) is 2.61. The summed E-state index contributed by atoms with van der Waals surface area (Å²) < 4.78 is 0. The van der Waals surface area contributed by atoms with Gasteiger partial charge in [0.15, 0.2) is 0 Å². The Bertz CT molecular complexity index is 551. The van der Waals surface area contributed by atoms with Crippen molar-refractivity contribution in [2.24, 2.45) is 5.92 Å². The van der Waals surface area contributed by atoms with Crippen molar-refractivity contribution >= 4 is 24.0 Å². The number of rotatable bonds is 4. The average molecular weight is 328 g/mol. The second-order valence-corrected chi connectivity index (χ2v) is 5.50. The monoisotopic (exact) mass is 327 g/mol. The van der Waals surface area contributed by atoms with Gasteiger partial charge >= 0.3 is 0 Å². The molecule has 1 fully saturated rings.